The Balaban J connectivity index is 1.99. The summed E-state index contributed by atoms with van der Waals surface area (Å²) in [6, 6.07) is 0. The fourth-order valence-corrected chi connectivity index (χ4v) is 2.51. The van der Waals surface area contributed by atoms with Gasteiger partial charge >= 0.3 is 0 Å². The third-order valence-electron chi connectivity index (χ3n) is 3.58. The summed E-state index contributed by atoms with van der Waals surface area (Å²) in [7, 11) is 0. The summed E-state index contributed by atoms with van der Waals surface area (Å²) in [5.41, 5.74) is 3.55. The van der Waals surface area contributed by atoms with E-state index in [2.05, 4.69) is 15.4 Å². The van der Waals surface area contributed by atoms with Crippen molar-refractivity contribution in [3.63, 3.8) is 0 Å². The van der Waals surface area contributed by atoms with Crippen LogP contribution in [0, 0.1) is 5.92 Å². The minimum Gasteiger partial charge on any atom is -0.477 e. The molecule has 0 atom stereocenters. The molecule has 0 bridgehead atoms. The van der Waals surface area contributed by atoms with Crippen molar-refractivity contribution in [2.24, 2.45) is 11.8 Å². The largest absolute Gasteiger partial charge is 0.477 e. The summed E-state index contributed by atoms with van der Waals surface area (Å²) in [5.74, 6) is 7.44. The number of hydrazine groups is 1. The Morgan fingerprint density at radius 3 is 2.78 bits per heavy atom. The molecule has 5 nitrogen and oxygen atoms in total. The maximum absolute atomic E-state index is 5.86. The van der Waals surface area contributed by atoms with Gasteiger partial charge in [0, 0.05) is 0 Å². The number of anilines is 1. The highest BCUT2D eigenvalue weighted by atomic mass is 16.5. The molecule has 0 aromatic carbocycles. The fourth-order valence-electron chi connectivity index (χ4n) is 2.51. The number of nitrogens with two attached hydrogens (primary N) is 1. The zero-order valence-corrected chi connectivity index (χ0v) is 11.0. The Kier molecular flexibility index (Phi) is 4.75. The summed E-state index contributed by atoms with van der Waals surface area (Å²) < 4.78 is 5.86. The molecule has 1 saturated carbocycles. The van der Waals surface area contributed by atoms with Crippen molar-refractivity contribution < 1.29 is 4.74 Å². The van der Waals surface area contributed by atoms with E-state index in [-0.39, 0.29) is 0 Å². The van der Waals surface area contributed by atoms with Gasteiger partial charge in [0.05, 0.1) is 12.2 Å². The van der Waals surface area contributed by atoms with Crippen molar-refractivity contribution in [1.82, 2.24) is 9.97 Å². The first-order chi connectivity index (χ1) is 8.85. The second-order valence-corrected chi connectivity index (χ2v) is 4.82. The average Bonchev–Trinajstić information content (AvgIpc) is 2.45. The first-order valence-electron chi connectivity index (χ1n) is 6.78. The minimum absolute atomic E-state index is 0.658. The molecule has 0 saturated heterocycles. The van der Waals surface area contributed by atoms with Crippen molar-refractivity contribution in [1.29, 1.82) is 0 Å². The molecule has 3 N–H and O–H groups in total. The van der Waals surface area contributed by atoms with Gasteiger partial charge in [-0.05, 0) is 25.2 Å². The SMILES string of the molecule is CCc1c(NN)ncnc1OCC1CCCCC1. The monoisotopic (exact) mass is 250 g/mol. The van der Waals surface area contributed by atoms with Gasteiger partial charge in [-0.15, -0.1) is 0 Å². The van der Waals surface area contributed by atoms with Gasteiger partial charge in [0.2, 0.25) is 5.88 Å². The van der Waals surface area contributed by atoms with Crippen LogP contribution in [-0.2, 0) is 6.42 Å². The van der Waals surface area contributed by atoms with E-state index in [1.165, 1.54) is 38.4 Å². The van der Waals surface area contributed by atoms with Gasteiger partial charge in [-0.1, -0.05) is 26.2 Å². The normalized spacial score (nSPS) is 16.6. The van der Waals surface area contributed by atoms with Crippen LogP contribution in [0.2, 0.25) is 0 Å². The van der Waals surface area contributed by atoms with Crippen molar-refractivity contribution in [2.45, 2.75) is 45.4 Å². The van der Waals surface area contributed by atoms with Crippen LogP contribution in [0.4, 0.5) is 5.82 Å². The van der Waals surface area contributed by atoms with Crippen LogP contribution in [0.15, 0.2) is 6.33 Å². The smallest absolute Gasteiger partial charge is 0.221 e. The lowest BCUT2D eigenvalue weighted by atomic mass is 9.90. The highest BCUT2D eigenvalue weighted by Gasteiger charge is 2.16. The number of rotatable bonds is 5. The van der Waals surface area contributed by atoms with E-state index in [1.54, 1.807) is 0 Å². The van der Waals surface area contributed by atoms with Crippen LogP contribution in [-0.4, -0.2) is 16.6 Å². The molecular formula is C13H22N4O. The predicted octanol–water partition coefficient (Wildman–Crippen LogP) is 2.28. The van der Waals surface area contributed by atoms with E-state index in [4.69, 9.17) is 10.6 Å². The molecule has 0 radical (unpaired) electrons. The second-order valence-electron chi connectivity index (χ2n) is 4.82. The van der Waals surface area contributed by atoms with Gasteiger partial charge in [-0.3, -0.25) is 0 Å². The Morgan fingerprint density at radius 2 is 2.11 bits per heavy atom. The summed E-state index contributed by atoms with van der Waals surface area (Å²) in [4.78, 5) is 8.31. The van der Waals surface area contributed by atoms with Crippen LogP contribution in [0.5, 0.6) is 5.88 Å². The molecule has 1 aliphatic rings. The van der Waals surface area contributed by atoms with Crippen molar-refractivity contribution >= 4 is 5.82 Å². The van der Waals surface area contributed by atoms with Crippen LogP contribution >= 0.6 is 0 Å². The predicted molar refractivity (Wildman–Crippen MR) is 71.3 cm³/mol. The number of nitrogens with one attached hydrogen (secondary N) is 1. The Bertz CT molecular complexity index is 377. The molecule has 100 valence electrons. The summed E-state index contributed by atoms with van der Waals surface area (Å²) in [6.07, 6.45) is 8.86. The molecule has 1 aliphatic carbocycles. The van der Waals surface area contributed by atoms with Crippen LogP contribution in [0.3, 0.4) is 0 Å². The number of nitrogen functional groups attached to an aromatic ring is 1. The van der Waals surface area contributed by atoms with E-state index in [0.717, 1.165) is 18.6 Å². The van der Waals surface area contributed by atoms with Gasteiger partial charge in [0.15, 0.2) is 0 Å². The Hall–Kier alpha value is -1.36. The van der Waals surface area contributed by atoms with E-state index in [0.29, 0.717) is 17.6 Å². The van der Waals surface area contributed by atoms with E-state index in [9.17, 15) is 0 Å². The molecule has 18 heavy (non-hydrogen) atoms. The lowest BCUT2D eigenvalue weighted by Gasteiger charge is -2.22. The zero-order valence-electron chi connectivity index (χ0n) is 11.0. The van der Waals surface area contributed by atoms with E-state index in [1.807, 2.05) is 6.92 Å². The first-order valence-corrected chi connectivity index (χ1v) is 6.78. The Morgan fingerprint density at radius 1 is 1.33 bits per heavy atom. The average molecular weight is 250 g/mol. The van der Waals surface area contributed by atoms with Crippen LogP contribution in [0.25, 0.3) is 0 Å². The number of hydrogen-bond donors (Lipinski definition) is 2. The fraction of sp³-hybridized carbons (Fsp3) is 0.692. The summed E-state index contributed by atoms with van der Waals surface area (Å²) in [6.45, 7) is 2.81. The highest BCUT2D eigenvalue weighted by molar-refractivity contribution is 5.47. The molecule has 2 rings (SSSR count). The van der Waals surface area contributed by atoms with Gasteiger partial charge in [-0.2, -0.15) is 0 Å². The molecule has 1 aromatic heterocycles. The van der Waals surface area contributed by atoms with Crippen LogP contribution in [0.1, 0.15) is 44.6 Å². The number of hydrogen-bond acceptors (Lipinski definition) is 5. The van der Waals surface area contributed by atoms with Gasteiger partial charge in [0.1, 0.15) is 12.1 Å². The maximum atomic E-state index is 5.86. The second kappa shape index (κ2) is 6.54. The van der Waals surface area contributed by atoms with Gasteiger partial charge in [-0.25, -0.2) is 15.8 Å². The molecule has 1 fully saturated rings. The molecular weight excluding hydrogens is 228 g/mol. The molecule has 1 aromatic rings. The summed E-state index contributed by atoms with van der Waals surface area (Å²) >= 11 is 0. The van der Waals surface area contributed by atoms with Crippen molar-refractivity contribution in [3.05, 3.63) is 11.9 Å². The van der Waals surface area contributed by atoms with E-state index < -0.39 is 0 Å². The lowest BCUT2D eigenvalue weighted by Crippen LogP contribution is -2.17. The quantitative estimate of drug-likeness (QED) is 0.619. The topological polar surface area (TPSA) is 73.1 Å². The Labute approximate surface area is 108 Å². The third kappa shape index (κ3) is 3.10. The number of nitrogens with zero attached hydrogens (tertiary/aromatic N) is 2. The standard InChI is InChI=1S/C13H22N4O/c1-2-11-12(17-14)15-9-16-13(11)18-8-10-6-4-3-5-7-10/h9-10H,2-8,14H2,1H3,(H,15,16,17). The zero-order chi connectivity index (χ0) is 12.8. The molecule has 0 amide bonds. The third-order valence-corrected chi connectivity index (χ3v) is 3.58. The lowest BCUT2D eigenvalue weighted by molar-refractivity contribution is 0.201. The van der Waals surface area contributed by atoms with Crippen molar-refractivity contribution in [3.8, 4) is 5.88 Å². The molecule has 0 aliphatic heterocycles. The first kappa shape index (κ1) is 13.1. The molecule has 1 heterocycles. The van der Waals surface area contributed by atoms with Gasteiger partial charge < -0.3 is 10.2 Å². The van der Waals surface area contributed by atoms with Crippen molar-refractivity contribution in [2.75, 3.05) is 12.0 Å². The number of ether oxygens (including phenoxy) is 1. The highest BCUT2D eigenvalue weighted by Crippen LogP contribution is 2.26. The molecule has 5 heteroatoms. The number of aromatic nitrogens is 2. The van der Waals surface area contributed by atoms with Gasteiger partial charge in [0.25, 0.3) is 0 Å². The maximum Gasteiger partial charge on any atom is 0.221 e. The minimum atomic E-state index is 0.658. The van der Waals surface area contributed by atoms with Crippen LogP contribution < -0.4 is 16.0 Å². The van der Waals surface area contributed by atoms with E-state index >= 15 is 0 Å². The molecule has 0 spiro atoms. The molecule has 0 unspecified atom stereocenters. The summed E-state index contributed by atoms with van der Waals surface area (Å²) in [5, 5.41) is 0.